The van der Waals surface area contributed by atoms with Crippen LogP contribution in [0.4, 0.5) is 4.79 Å². The Morgan fingerprint density at radius 3 is 2.54 bits per heavy atom. The molecule has 0 N–H and O–H groups in total. The highest BCUT2D eigenvalue weighted by molar-refractivity contribution is 5.98. The predicted molar refractivity (Wildman–Crippen MR) is 82.6 cm³/mol. The Morgan fingerprint density at radius 1 is 1.25 bits per heavy atom. The molecular weight excluding hydrogens is 314 g/mol. The maximum Gasteiger partial charge on any atom is 0.435 e. The molecular formula is C17H19NO6. The van der Waals surface area contributed by atoms with Crippen LogP contribution in [0.2, 0.25) is 0 Å². The number of rotatable bonds is 4. The van der Waals surface area contributed by atoms with Gasteiger partial charge in [-0.3, -0.25) is 4.79 Å². The first kappa shape index (κ1) is 16.6. The van der Waals surface area contributed by atoms with Crippen LogP contribution in [-0.4, -0.2) is 48.6 Å². The number of benzene rings is 1. The highest BCUT2D eigenvalue weighted by Crippen LogP contribution is 2.42. The van der Waals surface area contributed by atoms with Crippen molar-refractivity contribution in [2.75, 3.05) is 14.2 Å². The molecule has 1 aliphatic carbocycles. The lowest BCUT2D eigenvalue weighted by Crippen LogP contribution is -2.73. The normalized spacial score (nSPS) is 27.4. The first-order valence-corrected chi connectivity index (χ1v) is 7.50. The average Bonchev–Trinajstić information content (AvgIpc) is 2.62. The summed E-state index contributed by atoms with van der Waals surface area (Å²) in [5.41, 5.74) is -0.511. The molecule has 1 aromatic rings. The monoisotopic (exact) mass is 333 g/mol. The number of hydroxylamine groups is 2. The van der Waals surface area contributed by atoms with Crippen molar-refractivity contribution in [3.05, 3.63) is 48.0 Å². The number of ether oxygens (including phenoxy) is 3. The lowest BCUT2D eigenvalue weighted by molar-refractivity contribution is -0.325. The van der Waals surface area contributed by atoms with Crippen LogP contribution in [-0.2, 0) is 30.4 Å². The van der Waals surface area contributed by atoms with Gasteiger partial charge in [-0.1, -0.05) is 36.4 Å². The Balaban J connectivity index is 1.80. The number of fused-ring (bicyclic) bond motifs is 2. The van der Waals surface area contributed by atoms with E-state index in [1.54, 1.807) is 19.1 Å². The smallest absolute Gasteiger partial charge is 0.435 e. The molecule has 1 amide bonds. The summed E-state index contributed by atoms with van der Waals surface area (Å²) < 4.78 is 15.9. The first-order chi connectivity index (χ1) is 11.5. The summed E-state index contributed by atoms with van der Waals surface area (Å²) >= 11 is 0. The summed E-state index contributed by atoms with van der Waals surface area (Å²) in [4.78, 5) is 30.6. The predicted octanol–water partition coefficient (Wildman–Crippen LogP) is 1.83. The van der Waals surface area contributed by atoms with Crippen molar-refractivity contribution in [2.45, 2.75) is 31.0 Å². The average molecular weight is 333 g/mol. The maximum absolute atomic E-state index is 12.6. The molecule has 128 valence electrons. The molecule has 1 fully saturated rings. The molecule has 0 spiro atoms. The molecule has 4 rings (SSSR count). The van der Waals surface area contributed by atoms with Crippen LogP contribution in [0.5, 0.6) is 0 Å². The van der Waals surface area contributed by atoms with Gasteiger partial charge in [0.1, 0.15) is 12.6 Å². The number of carbonyl (C=O) groups excluding carboxylic acids is 2. The molecule has 2 atom stereocenters. The Kier molecular flexibility index (Phi) is 4.16. The largest absolute Gasteiger partial charge is 0.443 e. The zero-order valence-electron chi connectivity index (χ0n) is 13.7. The number of nitrogens with zero attached hydrogens (tertiary/aromatic N) is 1. The van der Waals surface area contributed by atoms with E-state index < -0.39 is 29.3 Å². The van der Waals surface area contributed by atoms with E-state index in [1.807, 2.05) is 30.3 Å². The fourth-order valence-electron chi connectivity index (χ4n) is 2.97. The molecule has 0 radical (unpaired) electrons. The second kappa shape index (κ2) is 6.01. The van der Waals surface area contributed by atoms with Crippen LogP contribution in [0.25, 0.3) is 0 Å². The number of methoxy groups -OCH3 is 2. The van der Waals surface area contributed by atoms with Gasteiger partial charge in [0.05, 0.1) is 0 Å². The van der Waals surface area contributed by atoms with E-state index in [0.717, 1.165) is 10.6 Å². The van der Waals surface area contributed by atoms with Crippen LogP contribution < -0.4 is 0 Å². The van der Waals surface area contributed by atoms with Gasteiger partial charge < -0.3 is 14.2 Å². The number of amides is 1. The quantitative estimate of drug-likeness (QED) is 0.618. The molecule has 24 heavy (non-hydrogen) atoms. The number of Topliss-reactive ketones (excluding diaryl/α,β-unsaturated/α-hetero) is 1. The van der Waals surface area contributed by atoms with Gasteiger partial charge in [-0.25, -0.2) is 9.63 Å². The summed E-state index contributed by atoms with van der Waals surface area (Å²) in [6, 6.07) is 8.40. The van der Waals surface area contributed by atoms with Crippen LogP contribution in [0.1, 0.15) is 12.5 Å². The molecule has 2 heterocycles. The first-order valence-electron chi connectivity index (χ1n) is 7.50. The van der Waals surface area contributed by atoms with Gasteiger partial charge >= 0.3 is 6.09 Å². The minimum Gasteiger partial charge on any atom is -0.443 e. The fraction of sp³-hybridized carbons (Fsp3) is 0.412. The molecule has 0 unspecified atom stereocenters. The van der Waals surface area contributed by atoms with E-state index in [1.165, 1.54) is 14.2 Å². The van der Waals surface area contributed by atoms with Crippen LogP contribution in [0.15, 0.2) is 42.5 Å². The summed E-state index contributed by atoms with van der Waals surface area (Å²) in [5.74, 6) is -2.02. The zero-order chi connectivity index (χ0) is 17.4. The minimum atomic E-state index is -1.62. The minimum absolute atomic E-state index is 0.0909. The van der Waals surface area contributed by atoms with Crippen molar-refractivity contribution < 1.29 is 28.6 Å². The van der Waals surface area contributed by atoms with Gasteiger partial charge in [-0.2, -0.15) is 5.06 Å². The molecule has 0 aromatic heterocycles. The molecule has 2 aliphatic heterocycles. The van der Waals surface area contributed by atoms with Crippen molar-refractivity contribution in [2.24, 2.45) is 0 Å². The van der Waals surface area contributed by atoms with Gasteiger partial charge in [0, 0.05) is 14.2 Å². The summed E-state index contributed by atoms with van der Waals surface area (Å²) in [6.45, 7) is 1.64. The van der Waals surface area contributed by atoms with Crippen molar-refractivity contribution in [3.8, 4) is 0 Å². The number of hydrogen-bond donors (Lipinski definition) is 0. The van der Waals surface area contributed by atoms with Crippen molar-refractivity contribution in [1.29, 1.82) is 0 Å². The Hall–Kier alpha value is -2.22. The highest BCUT2D eigenvalue weighted by Gasteiger charge is 2.65. The number of hydrogen-bond acceptors (Lipinski definition) is 6. The Bertz CT molecular complexity index is 669. The summed E-state index contributed by atoms with van der Waals surface area (Å²) in [7, 11) is 2.71. The Morgan fingerprint density at radius 2 is 1.92 bits per heavy atom. The van der Waals surface area contributed by atoms with Crippen LogP contribution in [0, 0.1) is 0 Å². The van der Waals surface area contributed by atoms with E-state index in [4.69, 9.17) is 19.0 Å². The molecule has 7 heteroatoms. The van der Waals surface area contributed by atoms with Gasteiger partial charge in [-0.05, 0) is 18.6 Å². The van der Waals surface area contributed by atoms with Crippen LogP contribution >= 0.6 is 0 Å². The lowest BCUT2D eigenvalue weighted by Gasteiger charge is -2.52. The van der Waals surface area contributed by atoms with Crippen LogP contribution in [0.3, 0.4) is 0 Å². The second-order valence-electron chi connectivity index (χ2n) is 5.77. The molecule has 1 aromatic carbocycles. The van der Waals surface area contributed by atoms with Gasteiger partial charge in [0.15, 0.2) is 5.60 Å². The molecule has 2 bridgehead atoms. The maximum atomic E-state index is 12.6. The van der Waals surface area contributed by atoms with E-state index in [9.17, 15) is 9.59 Å². The molecule has 0 saturated carbocycles. The third-order valence-corrected chi connectivity index (χ3v) is 4.29. The molecule has 3 aliphatic rings. The third kappa shape index (κ3) is 2.41. The Labute approximate surface area is 139 Å². The summed E-state index contributed by atoms with van der Waals surface area (Å²) in [6.07, 6.45) is 2.53. The topological polar surface area (TPSA) is 74.3 Å². The molecule has 7 nitrogen and oxygen atoms in total. The van der Waals surface area contributed by atoms with Crippen molar-refractivity contribution >= 4 is 11.9 Å². The van der Waals surface area contributed by atoms with Gasteiger partial charge in [0.25, 0.3) is 5.79 Å². The standard InChI is InChI=1S/C17H19NO6/c1-16-10-9-13(17(21-2,22-3)14(16)19)18(24-16)15(20)23-11-12-7-5-4-6-8-12/h4-10,13H,11H2,1-3H3/t13-,16+/m1/s1. The van der Waals surface area contributed by atoms with E-state index >= 15 is 0 Å². The van der Waals surface area contributed by atoms with E-state index in [2.05, 4.69) is 0 Å². The van der Waals surface area contributed by atoms with Gasteiger partial charge in [-0.15, -0.1) is 0 Å². The fourth-order valence-corrected chi connectivity index (χ4v) is 2.97. The molecule has 1 saturated heterocycles. The van der Waals surface area contributed by atoms with Crippen molar-refractivity contribution in [1.82, 2.24) is 5.06 Å². The second-order valence-corrected chi connectivity index (χ2v) is 5.77. The zero-order valence-corrected chi connectivity index (χ0v) is 13.7. The highest BCUT2D eigenvalue weighted by atomic mass is 16.8. The SMILES string of the molecule is COC1(OC)C(=O)[C@]2(C)C=C[C@H]1N(C(=O)OCc1ccccc1)O2. The van der Waals surface area contributed by atoms with E-state index in [-0.39, 0.29) is 6.61 Å². The lowest BCUT2D eigenvalue weighted by atomic mass is 9.81. The van der Waals surface area contributed by atoms with Gasteiger partial charge in [0.2, 0.25) is 5.78 Å². The number of carbonyl (C=O) groups is 2. The van der Waals surface area contributed by atoms with Crippen molar-refractivity contribution in [3.63, 3.8) is 0 Å². The number of ketones is 1. The van der Waals surface area contributed by atoms with E-state index in [0.29, 0.717) is 0 Å². The summed E-state index contributed by atoms with van der Waals surface area (Å²) in [5, 5.41) is 0.997. The third-order valence-electron chi connectivity index (χ3n) is 4.29.